The van der Waals surface area contributed by atoms with Gasteiger partial charge >= 0.3 is 0 Å². The number of azo groups is 1. The molecule has 0 spiro atoms. The SMILES string of the molecule is CC(=O)Nc1ccc(N(C)C)c(N=NC=N)c1. The molecule has 0 bridgehead atoms. The fourth-order valence-corrected chi connectivity index (χ4v) is 1.35. The molecule has 0 heterocycles. The first-order valence-corrected chi connectivity index (χ1v) is 5.03. The van der Waals surface area contributed by atoms with Crippen molar-refractivity contribution in [3.8, 4) is 0 Å². The van der Waals surface area contributed by atoms with E-state index in [1.165, 1.54) is 6.92 Å². The quantitative estimate of drug-likeness (QED) is 0.475. The van der Waals surface area contributed by atoms with Crippen LogP contribution in [0.1, 0.15) is 6.92 Å². The lowest BCUT2D eigenvalue weighted by Crippen LogP contribution is -2.10. The van der Waals surface area contributed by atoms with Crippen molar-refractivity contribution in [1.29, 1.82) is 5.41 Å². The van der Waals surface area contributed by atoms with E-state index in [4.69, 9.17) is 5.41 Å². The molecule has 0 saturated carbocycles. The van der Waals surface area contributed by atoms with Crippen LogP contribution in [0.3, 0.4) is 0 Å². The molecule has 0 aromatic heterocycles. The Balaban J connectivity index is 3.13. The van der Waals surface area contributed by atoms with E-state index in [2.05, 4.69) is 15.5 Å². The van der Waals surface area contributed by atoms with Crippen molar-refractivity contribution in [2.45, 2.75) is 6.92 Å². The molecule has 1 amide bonds. The highest BCUT2D eigenvalue weighted by Crippen LogP contribution is 2.30. The van der Waals surface area contributed by atoms with Crippen LogP contribution in [-0.2, 0) is 4.79 Å². The van der Waals surface area contributed by atoms with Crippen molar-refractivity contribution < 1.29 is 4.79 Å². The van der Waals surface area contributed by atoms with Crippen molar-refractivity contribution in [3.05, 3.63) is 18.2 Å². The second-order valence-electron chi connectivity index (χ2n) is 3.62. The molecule has 0 atom stereocenters. The van der Waals surface area contributed by atoms with Gasteiger partial charge in [-0.25, -0.2) is 0 Å². The van der Waals surface area contributed by atoms with Crippen LogP contribution < -0.4 is 10.2 Å². The molecular weight excluding hydrogens is 218 g/mol. The number of nitrogens with zero attached hydrogens (tertiary/aromatic N) is 3. The Morgan fingerprint density at radius 3 is 2.71 bits per heavy atom. The zero-order chi connectivity index (χ0) is 12.8. The van der Waals surface area contributed by atoms with Crippen LogP contribution in [0.4, 0.5) is 17.1 Å². The summed E-state index contributed by atoms with van der Waals surface area (Å²) in [5.41, 5.74) is 2.12. The van der Waals surface area contributed by atoms with Crippen LogP contribution in [-0.4, -0.2) is 26.3 Å². The Labute approximate surface area is 99.9 Å². The summed E-state index contributed by atoms with van der Waals surface area (Å²) < 4.78 is 0. The Bertz CT molecular complexity index is 453. The molecule has 0 aliphatic carbocycles. The van der Waals surface area contributed by atoms with Gasteiger partial charge in [-0.05, 0) is 18.2 Å². The maximum Gasteiger partial charge on any atom is 0.221 e. The fraction of sp³-hybridized carbons (Fsp3) is 0.273. The molecule has 2 N–H and O–H groups in total. The Kier molecular flexibility index (Phi) is 4.33. The standard InChI is InChI=1S/C11H15N5O/c1-8(17)14-9-4-5-11(16(2)3)10(6-9)15-13-7-12/h4-7,12H,1-3H3,(H,14,17). The Hall–Kier alpha value is -2.24. The van der Waals surface area contributed by atoms with Crippen molar-refractivity contribution >= 4 is 29.3 Å². The Morgan fingerprint density at radius 2 is 2.18 bits per heavy atom. The van der Waals surface area contributed by atoms with Crippen LogP contribution in [0.25, 0.3) is 0 Å². The number of benzene rings is 1. The molecule has 1 aromatic rings. The average molecular weight is 233 g/mol. The lowest BCUT2D eigenvalue weighted by Gasteiger charge is -2.15. The van der Waals surface area contributed by atoms with Crippen molar-refractivity contribution in [3.63, 3.8) is 0 Å². The molecule has 1 rings (SSSR count). The lowest BCUT2D eigenvalue weighted by atomic mass is 10.2. The van der Waals surface area contributed by atoms with Gasteiger partial charge in [0.2, 0.25) is 5.91 Å². The predicted octanol–water partition coefficient (Wildman–Crippen LogP) is 2.40. The number of rotatable bonds is 4. The summed E-state index contributed by atoms with van der Waals surface area (Å²) in [6.07, 6.45) is 0.866. The number of amides is 1. The normalized spacial score (nSPS) is 10.3. The van der Waals surface area contributed by atoms with Crippen molar-refractivity contribution in [2.75, 3.05) is 24.3 Å². The maximum absolute atomic E-state index is 10.9. The second-order valence-corrected chi connectivity index (χ2v) is 3.62. The lowest BCUT2D eigenvalue weighted by molar-refractivity contribution is -0.114. The van der Waals surface area contributed by atoms with Crippen LogP contribution in [0.15, 0.2) is 28.4 Å². The van der Waals surface area contributed by atoms with Gasteiger partial charge in [-0.3, -0.25) is 10.2 Å². The van der Waals surface area contributed by atoms with Crippen LogP contribution in [0, 0.1) is 5.41 Å². The third-order valence-electron chi connectivity index (χ3n) is 2.00. The van der Waals surface area contributed by atoms with Crippen molar-refractivity contribution in [2.24, 2.45) is 10.2 Å². The van der Waals surface area contributed by atoms with Gasteiger partial charge in [-0.2, -0.15) is 0 Å². The molecule has 0 aliphatic heterocycles. The zero-order valence-corrected chi connectivity index (χ0v) is 10.1. The summed E-state index contributed by atoms with van der Waals surface area (Å²) in [5.74, 6) is -0.141. The molecular formula is C11H15N5O. The highest BCUT2D eigenvalue weighted by atomic mass is 16.1. The highest BCUT2D eigenvalue weighted by Gasteiger charge is 2.06. The van der Waals surface area contributed by atoms with Crippen molar-refractivity contribution in [1.82, 2.24) is 0 Å². The summed E-state index contributed by atoms with van der Waals surface area (Å²) in [6.45, 7) is 1.44. The third kappa shape index (κ3) is 3.67. The molecule has 0 radical (unpaired) electrons. The molecule has 0 fully saturated rings. The number of carbonyl (C=O) groups excluding carboxylic acids is 1. The minimum Gasteiger partial charge on any atom is -0.376 e. The van der Waals surface area contributed by atoms with E-state index in [0.29, 0.717) is 11.4 Å². The van der Waals surface area contributed by atoms with Gasteiger partial charge in [0, 0.05) is 26.7 Å². The molecule has 0 aliphatic rings. The number of hydrogen-bond acceptors (Lipinski definition) is 4. The van der Waals surface area contributed by atoms with Crippen LogP contribution in [0.2, 0.25) is 0 Å². The average Bonchev–Trinajstić information content (AvgIpc) is 2.25. The van der Waals surface area contributed by atoms with E-state index in [1.807, 2.05) is 25.1 Å². The van der Waals surface area contributed by atoms with E-state index < -0.39 is 0 Å². The summed E-state index contributed by atoms with van der Waals surface area (Å²) in [4.78, 5) is 12.8. The van der Waals surface area contributed by atoms with Gasteiger partial charge in [0.25, 0.3) is 0 Å². The molecule has 90 valence electrons. The minimum atomic E-state index is -0.141. The number of nitrogens with one attached hydrogen (secondary N) is 2. The van der Waals surface area contributed by atoms with Gasteiger partial charge in [0.05, 0.1) is 5.69 Å². The highest BCUT2D eigenvalue weighted by molar-refractivity contribution is 5.90. The topological polar surface area (TPSA) is 80.9 Å². The first kappa shape index (κ1) is 12.8. The molecule has 0 unspecified atom stereocenters. The summed E-state index contributed by atoms with van der Waals surface area (Å²) >= 11 is 0. The van der Waals surface area contributed by atoms with E-state index >= 15 is 0 Å². The molecule has 6 heteroatoms. The minimum absolute atomic E-state index is 0.141. The third-order valence-corrected chi connectivity index (χ3v) is 2.00. The van der Waals surface area contributed by atoms with Gasteiger partial charge in [-0.1, -0.05) is 0 Å². The molecule has 1 aromatic carbocycles. The fourth-order valence-electron chi connectivity index (χ4n) is 1.35. The van der Waals surface area contributed by atoms with E-state index in [-0.39, 0.29) is 5.91 Å². The molecule has 0 saturated heterocycles. The summed E-state index contributed by atoms with van der Waals surface area (Å²) in [6, 6.07) is 5.34. The number of anilines is 2. The Morgan fingerprint density at radius 1 is 1.47 bits per heavy atom. The van der Waals surface area contributed by atoms with Crippen LogP contribution >= 0.6 is 0 Å². The maximum atomic E-state index is 10.9. The van der Waals surface area contributed by atoms with Gasteiger partial charge in [0.15, 0.2) is 0 Å². The summed E-state index contributed by atoms with van der Waals surface area (Å²) in [7, 11) is 3.77. The largest absolute Gasteiger partial charge is 0.376 e. The van der Waals surface area contributed by atoms with Gasteiger partial charge in [0.1, 0.15) is 12.0 Å². The van der Waals surface area contributed by atoms with E-state index in [9.17, 15) is 4.79 Å². The second kappa shape index (κ2) is 5.74. The molecule has 6 nitrogen and oxygen atoms in total. The van der Waals surface area contributed by atoms with Crippen LogP contribution in [0.5, 0.6) is 0 Å². The number of carbonyl (C=O) groups is 1. The van der Waals surface area contributed by atoms with E-state index in [0.717, 1.165) is 12.0 Å². The molecule has 17 heavy (non-hydrogen) atoms. The predicted molar refractivity (Wildman–Crippen MR) is 68.4 cm³/mol. The van der Waals surface area contributed by atoms with Gasteiger partial charge < -0.3 is 10.2 Å². The first-order valence-electron chi connectivity index (χ1n) is 5.03. The zero-order valence-electron chi connectivity index (χ0n) is 10.1. The first-order chi connectivity index (χ1) is 8.04. The van der Waals surface area contributed by atoms with Gasteiger partial charge in [-0.15, -0.1) is 10.2 Å². The summed E-state index contributed by atoms with van der Waals surface area (Å²) in [5, 5.41) is 16.9. The smallest absolute Gasteiger partial charge is 0.221 e. The number of hydrogen-bond donors (Lipinski definition) is 2. The monoisotopic (exact) mass is 233 g/mol. The van der Waals surface area contributed by atoms with E-state index in [1.54, 1.807) is 12.1 Å².